The molecule has 7 aromatic rings. The summed E-state index contributed by atoms with van der Waals surface area (Å²) in [5.74, 6) is 0.664. The van der Waals surface area contributed by atoms with Crippen molar-refractivity contribution in [2.24, 2.45) is 0 Å². The monoisotopic (exact) mass is 528 g/mol. The Bertz CT molecular complexity index is 2050. The normalized spacial score (nSPS) is 13.3. The number of hydrogen-bond donors (Lipinski definition) is 0. The highest BCUT2D eigenvalue weighted by Crippen LogP contribution is 2.53. The van der Waals surface area contributed by atoms with Crippen molar-refractivity contribution in [1.82, 2.24) is 4.98 Å². The van der Waals surface area contributed by atoms with E-state index in [0.29, 0.717) is 5.89 Å². The fourth-order valence-corrected chi connectivity index (χ4v) is 6.49. The van der Waals surface area contributed by atoms with Gasteiger partial charge in [-0.15, -0.1) is 0 Å². The molecule has 0 unspecified atom stereocenters. The summed E-state index contributed by atoms with van der Waals surface area (Å²) in [4.78, 5) is 7.24. The lowest BCUT2D eigenvalue weighted by molar-refractivity contribution is 0.619. The summed E-state index contributed by atoms with van der Waals surface area (Å²) < 4.78 is 6.26. The molecule has 0 atom stereocenters. The molecule has 0 spiro atoms. The van der Waals surface area contributed by atoms with Crippen LogP contribution in [-0.2, 0) is 5.41 Å². The second-order valence-corrected chi connectivity index (χ2v) is 11.2. The van der Waals surface area contributed by atoms with Crippen molar-refractivity contribution in [2.75, 3.05) is 4.90 Å². The molecule has 0 aliphatic heterocycles. The van der Waals surface area contributed by atoms with Crippen molar-refractivity contribution in [1.29, 1.82) is 0 Å². The summed E-state index contributed by atoms with van der Waals surface area (Å²) in [5, 5.41) is 2.45. The Kier molecular flexibility index (Phi) is 5.17. The van der Waals surface area contributed by atoms with Gasteiger partial charge in [-0.05, 0) is 76.2 Å². The van der Waals surface area contributed by atoms with Gasteiger partial charge in [-0.1, -0.05) is 98.8 Å². The molecule has 6 aromatic carbocycles. The highest BCUT2D eigenvalue weighted by Gasteiger charge is 2.38. The van der Waals surface area contributed by atoms with E-state index in [0.717, 1.165) is 33.7 Å². The molecule has 41 heavy (non-hydrogen) atoms. The van der Waals surface area contributed by atoms with Crippen LogP contribution in [-0.4, -0.2) is 4.98 Å². The first-order valence-electron chi connectivity index (χ1n) is 14.1. The lowest BCUT2D eigenvalue weighted by atomic mass is 9.82. The topological polar surface area (TPSA) is 29.3 Å². The van der Waals surface area contributed by atoms with E-state index in [9.17, 15) is 0 Å². The number of fused-ring (bicyclic) bond motifs is 5. The van der Waals surface area contributed by atoms with E-state index in [2.05, 4.69) is 128 Å². The number of hydrogen-bond acceptors (Lipinski definition) is 3. The Morgan fingerprint density at radius 3 is 2.24 bits per heavy atom. The highest BCUT2D eigenvalue weighted by atomic mass is 16.3. The molecule has 1 heterocycles. The van der Waals surface area contributed by atoms with Crippen molar-refractivity contribution in [3.8, 4) is 22.6 Å². The summed E-state index contributed by atoms with van der Waals surface area (Å²) >= 11 is 0. The summed E-state index contributed by atoms with van der Waals surface area (Å²) in [7, 11) is 0. The number of aromatic nitrogens is 1. The van der Waals surface area contributed by atoms with Crippen LogP contribution in [0, 0.1) is 0 Å². The van der Waals surface area contributed by atoms with Crippen LogP contribution in [0.25, 0.3) is 44.5 Å². The van der Waals surface area contributed by atoms with Crippen molar-refractivity contribution in [3.05, 3.63) is 145 Å². The molecule has 0 N–H and O–H groups in total. The van der Waals surface area contributed by atoms with Crippen LogP contribution in [0.1, 0.15) is 25.0 Å². The molecule has 1 aliphatic rings. The molecule has 0 amide bonds. The first-order chi connectivity index (χ1) is 20.1. The van der Waals surface area contributed by atoms with Gasteiger partial charge in [0.15, 0.2) is 5.58 Å². The average molecular weight is 529 g/mol. The van der Waals surface area contributed by atoms with Crippen LogP contribution < -0.4 is 4.90 Å². The van der Waals surface area contributed by atoms with Crippen molar-refractivity contribution < 1.29 is 4.42 Å². The maximum Gasteiger partial charge on any atom is 0.227 e. The van der Waals surface area contributed by atoms with Gasteiger partial charge in [0.2, 0.25) is 5.89 Å². The molecule has 0 saturated carbocycles. The maximum absolute atomic E-state index is 6.26. The number of rotatable bonds is 4. The van der Waals surface area contributed by atoms with Crippen molar-refractivity contribution in [3.63, 3.8) is 0 Å². The van der Waals surface area contributed by atoms with Crippen LogP contribution in [0.4, 0.5) is 17.1 Å². The first-order valence-corrected chi connectivity index (χ1v) is 14.1. The number of nitrogens with zero attached hydrogens (tertiary/aromatic N) is 2. The predicted octanol–water partition coefficient (Wildman–Crippen LogP) is 10.4. The molecule has 1 aromatic heterocycles. The Labute approximate surface area is 239 Å². The van der Waals surface area contributed by atoms with E-state index in [-0.39, 0.29) is 5.41 Å². The maximum atomic E-state index is 6.26. The second kappa shape index (κ2) is 8.94. The summed E-state index contributed by atoms with van der Waals surface area (Å²) in [6.07, 6.45) is 0. The number of para-hydroxylation sites is 3. The third-order valence-corrected chi connectivity index (χ3v) is 8.49. The third kappa shape index (κ3) is 3.63. The van der Waals surface area contributed by atoms with Gasteiger partial charge in [-0.3, -0.25) is 0 Å². The summed E-state index contributed by atoms with van der Waals surface area (Å²) in [6.45, 7) is 4.64. The van der Waals surface area contributed by atoms with E-state index < -0.39 is 0 Å². The zero-order valence-corrected chi connectivity index (χ0v) is 23.0. The highest BCUT2D eigenvalue weighted by molar-refractivity contribution is 6.00. The van der Waals surface area contributed by atoms with Gasteiger partial charge >= 0.3 is 0 Å². The molecule has 0 fully saturated rings. The van der Waals surface area contributed by atoms with E-state index in [1.54, 1.807) is 0 Å². The van der Waals surface area contributed by atoms with E-state index in [1.807, 2.05) is 24.3 Å². The molecular weight excluding hydrogens is 500 g/mol. The molecule has 196 valence electrons. The van der Waals surface area contributed by atoms with Gasteiger partial charge < -0.3 is 9.32 Å². The van der Waals surface area contributed by atoms with Crippen molar-refractivity contribution >= 4 is 38.9 Å². The summed E-state index contributed by atoms with van der Waals surface area (Å²) in [5.41, 5.74) is 11.0. The Balaban J connectivity index is 1.34. The van der Waals surface area contributed by atoms with Crippen LogP contribution in [0.2, 0.25) is 0 Å². The fraction of sp³-hybridized carbons (Fsp3) is 0.0789. The van der Waals surface area contributed by atoms with E-state index in [4.69, 9.17) is 9.40 Å². The zero-order chi connectivity index (χ0) is 27.6. The van der Waals surface area contributed by atoms with Gasteiger partial charge in [0.1, 0.15) is 5.52 Å². The molecule has 1 aliphatic carbocycles. The standard InChI is InChI=1S/C38H28N2O/c1-38(2)31-18-11-17-30(37-39-33-19-8-9-21-35(33)41-37)36(31)29-23-22-27(24-32(29)38)40(26-14-4-3-5-15-26)34-20-10-13-25-12-6-7-16-28(25)34/h3-24H,1-2H3. The molecule has 3 nitrogen and oxygen atoms in total. The molecule has 0 radical (unpaired) electrons. The minimum atomic E-state index is -0.191. The predicted molar refractivity (Wildman–Crippen MR) is 169 cm³/mol. The Hall–Kier alpha value is -5.15. The Morgan fingerprint density at radius 2 is 1.37 bits per heavy atom. The van der Waals surface area contributed by atoms with Crippen LogP contribution >= 0.6 is 0 Å². The fourth-order valence-electron chi connectivity index (χ4n) is 6.49. The minimum Gasteiger partial charge on any atom is -0.436 e. The second-order valence-electron chi connectivity index (χ2n) is 11.2. The van der Waals surface area contributed by atoms with Gasteiger partial charge in [0, 0.05) is 27.7 Å². The zero-order valence-electron chi connectivity index (χ0n) is 23.0. The van der Waals surface area contributed by atoms with E-state index in [1.165, 1.54) is 33.0 Å². The van der Waals surface area contributed by atoms with Crippen LogP contribution in [0.5, 0.6) is 0 Å². The molecule has 8 rings (SSSR count). The van der Waals surface area contributed by atoms with Gasteiger partial charge in [-0.25, -0.2) is 4.98 Å². The molecular formula is C38H28N2O. The SMILES string of the molecule is CC1(C)c2cc(N(c3ccccc3)c3cccc4ccccc34)ccc2-c2c(-c3nc4ccccc4o3)cccc21. The largest absolute Gasteiger partial charge is 0.436 e. The van der Waals surface area contributed by atoms with Crippen LogP contribution in [0.3, 0.4) is 0 Å². The quantitative estimate of drug-likeness (QED) is 0.228. The lowest BCUT2D eigenvalue weighted by Crippen LogP contribution is -2.16. The van der Waals surface area contributed by atoms with Crippen LogP contribution in [0.15, 0.2) is 138 Å². The Morgan fingerprint density at radius 1 is 0.610 bits per heavy atom. The van der Waals surface area contributed by atoms with Crippen molar-refractivity contribution in [2.45, 2.75) is 19.3 Å². The third-order valence-electron chi connectivity index (χ3n) is 8.49. The van der Waals surface area contributed by atoms with Gasteiger partial charge in [-0.2, -0.15) is 0 Å². The molecule has 3 heteroatoms. The number of oxazole rings is 1. The minimum absolute atomic E-state index is 0.191. The van der Waals surface area contributed by atoms with E-state index >= 15 is 0 Å². The smallest absolute Gasteiger partial charge is 0.227 e. The number of anilines is 3. The molecule has 0 bridgehead atoms. The lowest BCUT2D eigenvalue weighted by Gasteiger charge is -2.29. The van der Waals surface area contributed by atoms with Gasteiger partial charge in [0.25, 0.3) is 0 Å². The van der Waals surface area contributed by atoms with Gasteiger partial charge in [0.05, 0.1) is 5.69 Å². The average Bonchev–Trinajstić information content (AvgIpc) is 3.55. The summed E-state index contributed by atoms with van der Waals surface area (Å²) in [6, 6.07) is 47.2. The first kappa shape index (κ1) is 23.7. The molecule has 0 saturated heterocycles. The number of benzene rings is 6.